The van der Waals surface area contributed by atoms with Crippen molar-refractivity contribution in [2.24, 2.45) is 5.92 Å². The maximum atomic E-state index is 12.8. The highest BCUT2D eigenvalue weighted by Crippen LogP contribution is 2.30. The first-order valence-electron chi connectivity index (χ1n) is 8.96. The van der Waals surface area contributed by atoms with E-state index in [2.05, 4.69) is 4.98 Å². The molecule has 144 valence electrons. The van der Waals surface area contributed by atoms with Crippen molar-refractivity contribution in [3.05, 3.63) is 23.9 Å². The Morgan fingerprint density at radius 3 is 2.27 bits per heavy atom. The van der Waals surface area contributed by atoms with Crippen LogP contribution in [0.1, 0.15) is 32.3 Å². The van der Waals surface area contributed by atoms with Gasteiger partial charge in [0.25, 0.3) is 0 Å². The van der Waals surface area contributed by atoms with Crippen LogP contribution < -0.4 is 4.90 Å². The molecule has 0 spiro atoms. The van der Waals surface area contributed by atoms with Gasteiger partial charge in [0.1, 0.15) is 5.82 Å². The van der Waals surface area contributed by atoms with Crippen molar-refractivity contribution in [1.29, 1.82) is 0 Å². The third kappa shape index (κ3) is 4.28. The number of amides is 1. The maximum Gasteiger partial charge on any atom is 0.417 e. The number of hydrogen-bond donors (Lipinski definition) is 0. The number of piperidine rings is 1. The van der Waals surface area contributed by atoms with E-state index in [1.54, 1.807) is 0 Å². The van der Waals surface area contributed by atoms with Gasteiger partial charge in [-0.05, 0) is 38.8 Å². The van der Waals surface area contributed by atoms with E-state index in [1.165, 1.54) is 6.07 Å². The average Bonchev–Trinajstić information content (AvgIpc) is 2.60. The van der Waals surface area contributed by atoms with Gasteiger partial charge in [0.05, 0.1) is 17.8 Å². The van der Waals surface area contributed by atoms with Gasteiger partial charge in [-0.15, -0.1) is 0 Å². The average molecular weight is 371 g/mol. The molecule has 1 aromatic heterocycles. The molecule has 0 N–H and O–H groups in total. The molecule has 0 saturated carbocycles. The van der Waals surface area contributed by atoms with Gasteiger partial charge < -0.3 is 14.5 Å². The van der Waals surface area contributed by atoms with Crippen LogP contribution in [0.2, 0.25) is 0 Å². The molecule has 3 rings (SSSR count). The van der Waals surface area contributed by atoms with Gasteiger partial charge in [0.2, 0.25) is 5.91 Å². The van der Waals surface area contributed by atoms with Gasteiger partial charge in [-0.25, -0.2) is 4.98 Å². The summed E-state index contributed by atoms with van der Waals surface area (Å²) in [4.78, 5) is 20.5. The molecule has 0 radical (unpaired) electrons. The van der Waals surface area contributed by atoms with E-state index in [0.717, 1.165) is 12.3 Å². The number of carbonyl (C=O) groups is 1. The number of carbonyl (C=O) groups excluding carboxylic acids is 1. The Kier molecular flexibility index (Phi) is 5.41. The Labute approximate surface area is 151 Å². The zero-order valence-electron chi connectivity index (χ0n) is 15.0. The summed E-state index contributed by atoms with van der Waals surface area (Å²) in [6, 6.07) is 2.45. The smallest absolute Gasteiger partial charge is 0.372 e. The Morgan fingerprint density at radius 2 is 1.77 bits per heavy atom. The highest BCUT2D eigenvalue weighted by atomic mass is 19.4. The Balaban J connectivity index is 1.56. The Hall–Kier alpha value is -1.83. The van der Waals surface area contributed by atoms with Crippen LogP contribution in [-0.4, -0.2) is 54.2 Å². The van der Waals surface area contributed by atoms with E-state index in [-0.39, 0.29) is 24.0 Å². The van der Waals surface area contributed by atoms with Gasteiger partial charge in [-0.1, -0.05) is 0 Å². The molecule has 1 amide bonds. The van der Waals surface area contributed by atoms with Crippen LogP contribution in [0.4, 0.5) is 19.0 Å². The highest BCUT2D eigenvalue weighted by Gasteiger charge is 2.34. The summed E-state index contributed by atoms with van der Waals surface area (Å²) in [5, 5.41) is 0. The molecule has 2 aliphatic rings. The lowest BCUT2D eigenvalue weighted by molar-refractivity contribution is -0.148. The van der Waals surface area contributed by atoms with Gasteiger partial charge in [0.15, 0.2) is 0 Å². The number of anilines is 1. The maximum absolute atomic E-state index is 12.8. The number of alkyl halides is 3. The van der Waals surface area contributed by atoms with Crippen LogP contribution in [0, 0.1) is 5.92 Å². The first kappa shape index (κ1) is 18.9. The standard InChI is InChI=1S/C18H24F3N3O2/c1-12-10-24(11-13(2)26-12)17(25)14-5-7-23(8-6-14)16-4-3-15(9-22-16)18(19,20)21/h3-4,9,12-14H,5-8,10-11H2,1-2H3/t12-,13-/m0/s1. The number of morpholine rings is 1. The number of halogens is 3. The van der Waals surface area contributed by atoms with E-state index >= 15 is 0 Å². The fourth-order valence-electron chi connectivity index (χ4n) is 3.71. The second-order valence-corrected chi connectivity index (χ2v) is 7.16. The van der Waals surface area contributed by atoms with Crippen molar-refractivity contribution in [2.45, 2.75) is 45.1 Å². The number of nitrogens with zero attached hydrogens (tertiary/aromatic N) is 3. The zero-order valence-corrected chi connectivity index (χ0v) is 15.0. The molecule has 2 aliphatic heterocycles. The lowest BCUT2D eigenvalue weighted by Gasteiger charge is -2.39. The molecule has 2 saturated heterocycles. The van der Waals surface area contributed by atoms with Crippen molar-refractivity contribution in [3.63, 3.8) is 0 Å². The molecular formula is C18H24F3N3O2. The van der Waals surface area contributed by atoms with Crippen molar-refractivity contribution in [1.82, 2.24) is 9.88 Å². The molecule has 1 aromatic rings. The van der Waals surface area contributed by atoms with Crippen molar-refractivity contribution >= 4 is 11.7 Å². The molecule has 0 unspecified atom stereocenters. The summed E-state index contributed by atoms with van der Waals surface area (Å²) in [6.45, 7) is 6.39. The van der Waals surface area contributed by atoms with Gasteiger partial charge >= 0.3 is 6.18 Å². The fraction of sp³-hybridized carbons (Fsp3) is 0.667. The first-order valence-corrected chi connectivity index (χ1v) is 8.96. The summed E-state index contributed by atoms with van der Waals surface area (Å²) in [6.07, 6.45) is -2.07. The highest BCUT2D eigenvalue weighted by molar-refractivity contribution is 5.79. The fourth-order valence-corrected chi connectivity index (χ4v) is 3.71. The second kappa shape index (κ2) is 7.42. The molecule has 8 heteroatoms. The van der Waals surface area contributed by atoms with Crippen molar-refractivity contribution < 1.29 is 22.7 Å². The Morgan fingerprint density at radius 1 is 1.15 bits per heavy atom. The predicted molar refractivity (Wildman–Crippen MR) is 90.8 cm³/mol. The van der Waals surface area contributed by atoms with E-state index < -0.39 is 11.7 Å². The number of aromatic nitrogens is 1. The van der Waals surface area contributed by atoms with E-state index in [1.807, 2.05) is 23.6 Å². The molecule has 2 fully saturated rings. The van der Waals surface area contributed by atoms with Crippen molar-refractivity contribution in [2.75, 3.05) is 31.1 Å². The molecule has 5 nitrogen and oxygen atoms in total. The SMILES string of the molecule is C[C@H]1CN(C(=O)C2CCN(c3ccc(C(F)(F)F)cn3)CC2)C[C@H](C)O1. The predicted octanol–water partition coefficient (Wildman–Crippen LogP) is 2.95. The lowest BCUT2D eigenvalue weighted by atomic mass is 9.94. The summed E-state index contributed by atoms with van der Waals surface area (Å²) in [5.74, 6) is 0.641. The molecule has 0 aliphatic carbocycles. The quantitative estimate of drug-likeness (QED) is 0.802. The monoisotopic (exact) mass is 371 g/mol. The van der Waals surface area contributed by atoms with E-state index in [4.69, 9.17) is 4.74 Å². The summed E-state index contributed by atoms with van der Waals surface area (Å²) < 4.78 is 43.6. The summed E-state index contributed by atoms with van der Waals surface area (Å²) in [5.41, 5.74) is -0.748. The van der Waals surface area contributed by atoms with Crippen LogP contribution in [0.5, 0.6) is 0 Å². The van der Waals surface area contributed by atoms with Crippen LogP contribution in [0.3, 0.4) is 0 Å². The van der Waals surface area contributed by atoms with Crippen LogP contribution in [-0.2, 0) is 15.7 Å². The molecule has 0 aromatic carbocycles. The summed E-state index contributed by atoms with van der Waals surface area (Å²) >= 11 is 0. The van der Waals surface area contributed by atoms with E-state index in [9.17, 15) is 18.0 Å². The third-order valence-electron chi connectivity index (χ3n) is 4.97. The number of ether oxygens (including phenoxy) is 1. The lowest BCUT2D eigenvalue weighted by Crippen LogP contribution is -2.51. The third-order valence-corrected chi connectivity index (χ3v) is 4.97. The molecule has 26 heavy (non-hydrogen) atoms. The second-order valence-electron chi connectivity index (χ2n) is 7.16. The molecule has 3 heterocycles. The largest absolute Gasteiger partial charge is 0.417 e. The minimum Gasteiger partial charge on any atom is -0.372 e. The minimum absolute atomic E-state index is 0.0409. The van der Waals surface area contributed by atoms with E-state index in [0.29, 0.717) is 44.8 Å². The Bertz CT molecular complexity index is 618. The molecular weight excluding hydrogens is 347 g/mol. The van der Waals surface area contributed by atoms with Crippen LogP contribution in [0.25, 0.3) is 0 Å². The normalized spacial score (nSPS) is 25.4. The first-order chi connectivity index (χ1) is 12.2. The van der Waals surface area contributed by atoms with Crippen LogP contribution >= 0.6 is 0 Å². The zero-order chi connectivity index (χ0) is 18.9. The number of hydrogen-bond acceptors (Lipinski definition) is 4. The van der Waals surface area contributed by atoms with Gasteiger partial charge in [-0.2, -0.15) is 13.2 Å². The number of rotatable bonds is 2. The van der Waals surface area contributed by atoms with Gasteiger partial charge in [0, 0.05) is 38.3 Å². The number of pyridine rings is 1. The van der Waals surface area contributed by atoms with Crippen LogP contribution in [0.15, 0.2) is 18.3 Å². The van der Waals surface area contributed by atoms with Crippen molar-refractivity contribution in [3.8, 4) is 0 Å². The molecule has 2 atom stereocenters. The minimum atomic E-state index is -4.38. The molecule has 0 bridgehead atoms. The summed E-state index contributed by atoms with van der Waals surface area (Å²) in [7, 11) is 0. The van der Waals surface area contributed by atoms with Gasteiger partial charge in [-0.3, -0.25) is 4.79 Å². The topological polar surface area (TPSA) is 45.7 Å².